The zero-order chi connectivity index (χ0) is 24.0. The van der Waals surface area contributed by atoms with Crippen LogP contribution in [-0.4, -0.2) is 43.9 Å². The van der Waals surface area contributed by atoms with Crippen LogP contribution in [-0.2, 0) is 9.84 Å². The Labute approximate surface area is 198 Å². The number of fused-ring (bicyclic) bond motifs is 2. The van der Waals surface area contributed by atoms with Gasteiger partial charge in [0.15, 0.2) is 11.6 Å². The standard InChI is InChI=1S/C27H23NO5S/c1-17-6-8-18(9-7-17)25(29)19-12-14-28(15-13-19)27(31)20-10-11-22-24(16-20)34(32,33)23-5-3-2-4-21(23)26(22)30/h2-11,16,19H,12-15H2,1H3. The molecule has 34 heavy (non-hydrogen) atoms. The molecule has 7 heteroatoms. The normalized spacial score (nSPS) is 17.1. The number of likely N-dealkylation sites (tertiary alicyclic amines) is 1. The summed E-state index contributed by atoms with van der Waals surface area (Å²) in [5.41, 5.74) is 2.22. The third kappa shape index (κ3) is 3.66. The van der Waals surface area contributed by atoms with Crippen LogP contribution in [0.1, 0.15) is 55.0 Å². The first-order valence-electron chi connectivity index (χ1n) is 11.2. The predicted molar refractivity (Wildman–Crippen MR) is 126 cm³/mol. The minimum Gasteiger partial charge on any atom is -0.339 e. The maximum Gasteiger partial charge on any atom is 0.253 e. The van der Waals surface area contributed by atoms with Crippen molar-refractivity contribution in [2.75, 3.05) is 13.1 Å². The van der Waals surface area contributed by atoms with E-state index in [9.17, 15) is 22.8 Å². The molecule has 0 aromatic heterocycles. The van der Waals surface area contributed by atoms with Crippen LogP contribution < -0.4 is 0 Å². The highest BCUT2D eigenvalue weighted by atomic mass is 32.2. The second-order valence-electron chi connectivity index (χ2n) is 8.84. The van der Waals surface area contributed by atoms with E-state index in [-0.39, 0.29) is 49.9 Å². The van der Waals surface area contributed by atoms with Crippen LogP contribution >= 0.6 is 0 Å². The van der Waals surface area contributed by atoms with Gasteiger partial charge in [-0.1, -0.05) is 42.0 Å². The molecule has 6 nitrogen and oxygen atoms in total. The van der Waals surface area contributed by atoms with E-state index in [1.807, 2.05) is 31.2 Å². The molecule has 0 atom stereocenters. The van der Waals surface area contributed by atoms with Gasteiger partial charge in [0.1, 0.15) is 0 Å². The summed E-state index contributed by atoms with van der Waals surface area (Å²) in [7, 11) is -3.91. The van der Waals surface area contributed by atoms with E-state index in [1.165, 1.54) is 30.3 Å². The van der Waals surface area contributed by atoms with Crippen molar-refractivity contribution in [3.05, 3.63) is 94.5 Å². The fourth-order valence-electron chi connectivity index (χ4n) is 4.70. The van der Waals surface area contributed by atoms with Gasteiger partial charge in [-0.15, -0.1) is 0 Å². The van der Waals surface area contributed by atoms with Crippen LogP contribution in [0, 0.1) is 12.8 Å². The zero-order valence-electron chi connectivity index (χ0n) is 18.7. The van der Waals surface area contributed by atoms with Gasteiger partial charge in [-0.2, -0.15) is 0 Å². The van der Waals surface area contributed by atoms with E-state index in [4.69, 9.17) is 0 Å². The third-order valence-corrected chi connectivity index (χ3v) is 8.52. The number of piperidine rings is 1. The van der Waals surface area contributed by atoms with Crippen LogP contribution in [0.25, 0.3) is 0 Å². The molecule has 0 unspecified atom stereocenters. The molecule has 0 bridgehead atoms. The Morgan fingerprint density at radius 1 is 0.824 bits per heavy atom. The van der Waals surface area contributed by atoms with Gasteiger partial charge in [0.25, 0.3) is 5.91 Å². The molecule has 2 aliphatic heterocycles. The molecule has 2 aliphatic rings. The van der Waals surface area contributed by atoms with Gasteiger partial charge in [0, 0.05) is 41.3 Å². The summed E-state index contributed by atoms with van der Waals surface area (Å²) in [5.74, 6) is -0.727. The van der Waals surface area contributed by atoms with Gasteiger partial charge in [0.05, 0.1) is 9.79 Å². The maximum atomic E-state index is 13.2. The van der Waals surface area contributed by atoms with Crippen LogP contribution in [0.5, 0.6) is 0 Å². The van der Waals surface area contributed by atoms with Crippen molar-refractivity contribution in [2.24, 2.45) is 5.92 Å². The summed E-state index contributed by atoms with van der Waals surface area (Å²) in [6.07, 6.45) is 1.10. The fraction of sp³-hybridized carbons (Fsp3) is 0.222. The molecule has 3 aromatic rings. The van der Waals surface area contributed by atoms with Crippen LogP contribution in [0.15, 0.2) is 76.5 Å². The number of Topliss-reactive ketones (excluding diaryl/α,β-unsaturated/α-hetero) is 1. The molecule has 5 rings (SSSR count). The van der Waals surface area contributed by atoms with Crippen molar-refractivity contribution >= 4 is 27.3 Å². The summed E-state index contributed by atoms with van der Waals surface area (Å²) in [6, 6.07) is 17.9. The Morgan fingerprint density at radius 3 is 2.15 bits per heavy atom. The molecule has 2 heterocycles. The molecule has 0 spiro atoms. The SMILES string of the molecule is Cc1ccc(C(=O)C2CCN(C(=O)c3ccc4c(c3)S(=O)(=O)c3ccccc3C4=O)CC2)cc1. The number of ketones is 2. The molecular weight excluding hydrogens is 450 g/mol. The quantitative estimate of drug-likeness (QED) is 0.418. The van der Waals surface area contributed by atoms with E-state index in [1.54, 1.807) is 17.0 Å². The Morgan fingerprint density at radius 2 is 1.44 bits per heavy atom. The number of carbonyl (C=O) groups excluding carboxylic acids is 3. The van der Waals surface area contributed by atoms with Gasteiger partial charge in [0.2, 0.25) is 9.84 Å². The second-order valence-corrected chi connectivity index (χ2v) is 10.7. The van der Waals surface area contributed by atoms with Crippen molar-refractivity contribution in [2.45, 2.75) is 29.6 Å². The topological polar surface area (TPSA) is 88.6 Å². The minimum atomic E-state index is -3.91. The predicted octanol–water partition coefficient (Wildman–Crippen LogP) is 4.11. The van der Waals surface area contributed by atoms with Gasteiger partial charge in [-0.3, -0.25) is 14.4 Å². The molecule has 172 valence electrons. The number of amides is 1. The molecular formula is C27H23NO5S. The highest BCUT2D eigenvalue weighted by Crippen LogP contribution is 2.35. The smallest absolute Gasteiger partial charge is 0.253 e. The average molecular weight is 474 g/mol. The molecule has 0 saturated carbocycles. The van der Waals surface area contributed by atoms with Crippen LogP contribution in [0.2, 0.25) is 0 Å². The first-order valence-corrected chi connectivity index (χ1v) is 12.7. The lowest BCUT2D eigenvalue weighted by Gasteiger charge is -2.31. The van der Waals surface area contributed by atoms with Crippen LogP contribution in [0.3, 0.4) is 0 Å². The van der Waals surface area contributed by atoms with Gasteiger partial charge in [-0.25, -0.2) is 8.42 Å². The van der Waals surface area contributed by atoms with E-state index < -0.39 is 9.84 Å². The Kier molecular flexibility index (Phi) is 5.44. The highest BCUT2D eigenvalue weighted by molar-refractivity contribution is 7.91. The van der Waals surface area contributed by atoms with Gasteiger partial charge >= 0.3 is 0 Å². The molecule has 3 aromatic carbocycles. The number of rotatable bonds is 3. The summed E-state index contributed by atoms with van der Waals surface area (Å²) in [4.78, 5) is 40.3. The van der Waals surface area contributed by atoms with Crippen LogP contribution in [0.4, 0.5) is 0 Å². The largest absolute Gasteiger partial charge is 0.339 e. The minimum absolute atomic E-state index is 0.0347. The monoisotopic (exact) mass is 473 g/mol. The lowest BCUT2D eigenvalue weighted by atomic mass is 9.88. The van der Waals surface area contributed by atoms with Crippen molar-refractivity contribution in [1.82, 2.24) is 4.90 Å². The van der Waals surface area contributed by atoms with Crippen molar-refractivity contribution < 1.29 is 22.8 Å². The second kappa shape index (κ2) is 8.33. The van der Waals surface area contributed by atoms with E-state index in [0.717, 1.165) is 5.56 Å². The summed E-state index contributed by atoms with van der Waals surface area (Å²) in [6.45, 7) is 2.79. The number of benzene rings is 3. The number of aryl methyl sites for hydroxylation is 1. The summed E-state index contributed by atoms with van der Waals surface area (Å²) >= 11 is 0. The average Bonchev–Trinajstić information content (AvgIpc) is 2.87. The first-order chi connectivity index (χ1) is 16.3. The van der Waals surface area contributed by atoms with E-state index in [2.05, 4.69) is 0 Å². The number of hydrogen-bond acceptors (Lipinski definition) is 5. The van der Waals surface area contributed by atoms with Crippen molar-refractivity contribution in [1.29, 1.82) is 0 Å². The zero-order valence-corrected chi connectivity index (χ0v) is 19.5. The number of sulfone groups is 1. The number of carbonyl (C=O) groups is 3. The Bertz CT molecular complexity index is 1430. The van der Waals surface area contributed by atoms with Crippen molar-refractivity contribution in [3.8, 4) is 0 Å². The molecule has 1 fully saturated rings. The lowest BCUT2D eigenvalue weighted by Crippen LogP contribution is -2.40. The Balaban J connectivity index is 1.35. The summed E-state index contributed by atoms with van der Waals surface area (Å²) < 4.78 is 26.3. The highest BCUT2D eigenvalue weighted by Gasteiger charge is 2.36. The molecule has 0 N–H and O–H groups in total. The van der Waals surface area contributed by atoms with Gasteiger partial charge < -0.3 is 4.90 Å². The number of nitrogens with zero attached hydrogens (tertiary/aromatic N) is 1. The third-order valence-electron chi connectivity index (χ3n) is 6.67. The fourth-order valence-corrected chi connectivity index (χ4v) is 6.38. The lowest BCUT2D eigenvalue weighted by molar-refractivity contribution is 0.0650. The maximum absolute atomic E-state index is 13.2. The number of hydrogen-bond donors (Lipinski definition) is 0. The summed E-state index contributed by atoms with van der Waals surface area (Å²) in [5, 5.41) is 0. The van der Waals surface area contributed by atoms with E-state index >= 15 is 0 Å². The molecule has 1 saturated heterocycles. The molecule has 1 amide bonds. The molecule has 0 aliphatic carbocycles. The van der Waals surface area contributed by atoms with E-state index in [0.29, 0.717) is 31.5 Å². The molecule has 0 radical (unpaired) electrons. The van der Waals surface area contributed by atoms with Gasteiger partial charge in [-0.05, 0) is 50.1 Å². The Hall–Kier alpha value is -3.58. The first kappa shape index (κ1) is 22.2. The van der Waals surface area contributed by atoms with Crippen molar-refractivity contribution in [3.63, 3.8) is 0 Å².